The molecule has 1 aromatic carbocycles. The number of carbonyl (C=O) groups excluding carboxylic acids is 2. The molecular formula is C13H18ClN3O2. The van der Waals surface area contributed by atoms with Crippen LogP contribution in [0.3, 0.4) is 0 Å². The average Bonchev–Trinajstić information content (AvgIpc) is 2.37. The number of anilines is 1. The molecule has 19 heavy (non-hydrogen) atoms. The molecular weight excluding hydrogens is 266 g/mol. The minimum absolute atomic E-state index is 0.199. The lowest BCUT2D eigenvalue weighted by atomic mass is 10.2. The monoisotopic (exact) mass is 283 g/mol. The van der Waals surface area contributed by atoms with E-state index >= 15 is 0 Å². The summed E-state index contributed by atoms with van der Waals surface area (Å²) in [7, 11) is 0. The molecule has 0 saturated carbocycles. The highest BCUT2D eigenvalue weighted by molar-refractivity contribution is 6.30. The molecule has 0 spiro atoms. The number of urea groups is 1. The van der Waals surface area contributed by atoms with Gasteiger partial charge in [0.15, 0.2) is 0 Å². The number of benzene rings is 1. The van der Waals surface area contributed by atoms with Gasteiger partial charge >= 0.3 is 6.03 Å². The predicted octanol–water partition coefficient (Wildman–Crippen LogP) is 3.07. The number of nitrogens with one attached hydrogen (secondary N) is 3. The van der Waals surface area contributed by atoms with Gasteiger partial charge in [-0.3, -0.25) is 10.2 Å². The van der Waals surface area contributed by atoms with Gasteiger partial charge in [-0.15, -0.1) is 0 Å². The highest BCUT2D eigenvalue weighted by atomic mass is 35.5. The zero-order valence-electron chi connectivity index (χ0n) is 10.8. The Hall–Kier alpha value is -1.75. The number of rotatable bonds is 5. The normalized spacial score (nSPS) is 9.79. The van der Waals surface area contributed by atoms with Gasteiger partial charge in [-0.25, -0.2) is 10.2 Å². The molecule has 1 aromatic rings. The SMILES string of the molecule is CCCCCC(=O)NNC(=O)Nc1cccc(Cl)c1. The van der Waals surface area contributed by atoms with Crippen LogP contribution in [0.4, 0.5) is 10.5 Å². The van der Waals surface area contributed by atoms with E-state index in [0.717, 1.165) is 19.3 Å². The first kappa shape index (κ1) is 15.3. The van der Waals surface area contributed by atoms with Crippen LogP contribution in [0.2, 0.25) is 5.02 Å². The molecule has 1 rings (SSSR count). The van der Waals surface area contributed by atoms with E-state index in [1.807, 2.05) is 0 Å². The van der Waals surface area contributed by atoms with Gasteiger partial charge in [0.2, 0.25) is 5.91 Å². The maximum absolute atomic E-state index is 11.5. The molecule has 0 aliphatic rings. The lowest BCUT2D eigenvalue weighted by Crippen LogP contribution is -2.43. The summed E-state index contributed by atoms with van der Waals surface area (Å²) in [5.74, 6) is -0.199. The second kappa shape index (κ2) is 8.37. The van der Waals surface area contributed by atoms with Gasteiger partial charge in [-0.2, -0.15) is 0 Å². The minimum Gasteiger partial charge on any atom is -0.307 e. The lowest BCUT2D eigenvalue weighted by molar-refractivity contribution is -0.121. The maximum Gasteiger partial charge on any atom is 0.337 e. The number of hydrazine groups is 1. The zero-order chi connectivity index (χ0) is 14.1. The molecule has 3 N–H and O–H groups in total. The number of hydrogen-bond donors (Lipinski definition) is 3. The van der Waals surface area contributed by atoms with E-state index in [2.05, 4.69) is 23.1 Å². The van der Waals surface area contributed by atoms with Crippen molar-refractivity contribution >= 4 is 29.2 Å². The van der Waals surface area contributed by atoms with Crippen molar-refractivity contribution in [1.82, 2.24) is 10.9 Å². The smallest absolute Gasteiger partial charge is 0.307 e. The molecule has 0 bridgehead atoms. The van der Waals surface area contributed by atoms with Gasteiger partial charge in [-0.1, -0.05) is 37.4 Å². The second-order valence-corrected chi connectivity index (χ2v) is 4.53. The van der Waals surface area contributed by atoms with Crippen molar-refractivity contribution in [2.45, 2.75) is 32.6 Å². The predicted molar refractivity (Wildman–Crippen MR) is 75.9 cm³/mol. The molecule has 0 unspecified atom stereocenters. The molecule has 0 saturated heterocycles. The molecule has 0 aliphatic heterocycles. The molecule has 0 fully saturated rings. The molecule has 6 heteroatoms. The largest absolute Gasteiger partial charge is 0.337 e. The van der Waals surface area contributed by atoms with Crippen LogP contribution in [0.15, 0.2) is 24.3 Å². The Morgan fingerprint density at radius 3 is 2.68 bits per heavy atom. The van der Waals surface area contributed by atoms with Gasteiger partial charge in [0.05, 0.1) is 0 Å². The third-order valence-corrected chi connectivity index (χ3v) is 2.64. The molecule has 0 heterocycles. The number of hydrogen-bond acceptors (Lipinski definition) is 2. The maximum atomic E-state index is 11.5. The van der Waals surface area contributed by atoms with E-state index < -0.39 is 6.03 Å². The molecule has 3 amide bonds. The van der Waals surface area contributed by atoms with Gasteiger partial charge in [0.25, 0.3) is 0 Å². The van der Waals surface area contributed by atoms with E-state index in [4.69, 9.17) is 11.6 Å². The number of amides is 3. The lowest BCUT2D eigenvalue weighted by Gasteiger charge is -2.09. The van der Waals surface area contributed by atoms with Crippen molar-refractivity contribution < 1.29 is 9.59 Å². The van der Waals surface area contributed by atoms with Crippen molar-refractivity contribution in [3.63, 3.8) is 0 Å². The number of carbonyl (C=O) groups is 2. The summed E-state index contributed by atoms with van der Waals surface area (Å²) in [4.78, 5) is 22.8. The van der Waals surface area contributed by atoms with Crippen LogP contribution in [0.25, 0.3) is 0 Å². The Bertz CT molecular complexity index is 438. The highest BCUT2D eigenvalue weighted by Crippen LogP contribution is 2.14. The molecule has 104 valence electrons. The van der Waals surface area contributed by atoms with E-state index in [0.29, 0.717) is 17.1 Å². The summed E-state index contributed by atoms with van der Waals surface area (Å²) in [6, 6.07) is 6.24. The number of unbranched alkanes of at least 4 members (excludes halogenated alkanes) is 2. The van der Waals surface area contributed by atoms with Crippen LogP contribution in [0.5, 0.6) is 0 Å². The fourth-order valence-corrected chi connectivity index (χ4v) is 1.64. The third-order valence-electron chi connectivity index (χ3n) is 2.41. The molecule has 5 nitrogen and oxygen atoms in total. The van der Waals surface area contributed by atoms with Crippen LogP contribution >= 0.6 is 11.6 Å². The van der Waals surface area contributed by atoms with Gasteiger partial charge in [0, 0.05) is 17.1 Å². The summed E-state index contributed by atoms with van der Waals surface area (Å²) >= 11 is 5.79. The van der Waals surface area contributed by atoms with E-state index in [-0.39, 0.29) is 5.91 Å². The minimum atomic E-state index is -0.508. The summed E-state index contributed by atoms with van der Waals surface area (Å²) in [5.41, 5.74) is 5.19. The Kier molecular flexibility index (Phi) is 6.74. The first-order valence-electron chi connectivity index (χ1n) is 6.23. The van der Waals surface area contributed by atoms with Crippen molar-refractivity contribution in [2.24, 2.45) is 0 Å². The van der Waals surface area contributed by atoms with Crippen LogP contribution in [-0.4, -0.2) is 11.9 Å². The Morgan fingerprint density at radius 1 is 1.21 bits per heavy atom. The summed E-state index contributed by atoms with van der Waals surface area (Å²) < 4.78 is 0. The standard InChI is InChI=1S/C13H18ClN3O2/c1-2-3-4-8-12(18)16-17-13(19)15-11-7-5-6-10(14)9-11/h5-7,9H,2-4,8H2,1H3,(H,16,18)(H2,15,17,19). The molecule has 0 atom stereocenters. The molecule has 0 radical (unpaired) electrons. The summed E-state index contributed by atoms with van der Waals surface area (Å²) in [6.45, 7) is 2.06. The van der Waals surface area contributed by atoms with Gasteiger partial charge in [-0.05, 0) is 24.6 Å². The topological polar surface area (TPSA) is 70.2 Å². The van der Waals surface area contributed by atoms with E-state index in [1.165, 1.54) is 0 Å². The van der Waals surface area contributed by atoms with Crippen molar-refractivity contribution in [2.75, 3.05) is 5.32 Å². The van der Waals surface area contributed by atoms with Gasteiger partial charge in [0.1, 0.15) is 0 Å². The Morgan fingerprint density at radius 2 is 2.00 bits per heavy atom. The first-order valence-corrected chi connectivity index (χ1v) is 6.61. The average molecular weight is 284 g/mol. The zero-order valence-corrected chi connectivity index (χ0v) is 11.6. The van der Waals surface area contributed by atoms with Crippen LogP contribution in [0, 0.1) is 0 Å². The highest BCUT2D eigenvalue weighted by Gasteiger charge is 2.04. The molecule has 0 aliphatic carbocycles. The van der Waals surface area contributed by atoms with Crippen LogP contribution < -0.4 is 16.2 Å². The molecule has 0 aromatic heterocycles. The Balaban J connectivity index is 2.26. The van der Waals surface area contributed by atoms with Crippen LogP contribution in [0.1, 0.15) is 32.6 Å². The second-order valence-electron chi connectivity index (χ2n) is 4.09. The third kappa shape index (κ3) is 6.67. The van der Waals surface area contributed by atoms with Crippen molar-refractivity contribution in [3.8, 4) is 0 Å². The van der Waals surface area contributed by atoms with Gasteiger partial charge < -0.3 is 5.32 Å². The summed E-state index contributed by atoms with van der Waals surface area (Å²) in [6.07, 6.45) is 3.28. The first-order chi connectivity index (χ1) is 9.11. The van der Waals surface area contributed by atoms with Crippen LogP contribution in [-0.2, 0) is 4.79 Å². The van der Waals surface area contributed by atoms with Crippen molar-refractivity contribution in [3.05, 3.63) is 29.3 Å². The Labute approximate surface area is 117 Å². The fraction of sp³-hybridized carbons (Fsp3) is 0.385. The quantitative estimate of drug-likeness (QED) is 0.574. The van der Waals surface area contributed by atoms with Crippen molar-refractivity contribution in [1.29, 1.82) is 0 Å². The number of halogens is 1. The summed E-state index contributed by atoms with van der Waals surface area (Å²) in [5, 5.41) is 3.09. The van der Waals surface area contributed by atoms with E-state index in [9.17, 15) is 9.59 Å². The van der Waals surface area contributed by atoms with E-state index in [1.54, 1.807) is 24.3 Å². The fourth-order valence-electron chi connectivity index (χ4n) is 1.45.